The predicted molar refractivity (Wildman–Crippen MR) is 73.7 cm³/mol. The number of fused-ring (bicyclic) bond motifs is 1. The molecular weight excluding hydrogens is 236 g/mol. The summed E-state index contributed by atoms with van der Waals surface area (Å²) in [7, 11) is 0. The summed E-state index contributed by atoms with van der Waals surface area (Å²) in [4.78, 5) is 2.46. The van der Waals surface area contributed by atoms with E-state index in [4.69, 9.17) is 4.74 Å². The smallest absolute Gasteiger partial charge is 0.123 e. The zero-order chi connectivity index (χ0) is 13.1. The van der Waals surface area contributed by atoms with Gasteiger partial charge in [0.2, 0.25) is 0 Å². The van der Waals surface area contributed by atoms with Crippen LogP contribution in [0, 0.1) is 17.2 Å². The second kappa shape index (κ2) is 5.63. The number of ether oxygens (including phenoxy) is 1. The van der Waals surface area contributed by atoms with Gasteiger partial charge in [-0.2, -0.15) is 5.26 Å². The summed E-state index contributed by atoms with van der Waals surface area (Å²) in [6.07, 6.45) is 4.66. The van der Waals surface area contributed by atoms with E-state index in [9.17, 15) is 5.26 Å². The Morgan fingerprint density at radius 2 is 2.05 bits per heavy atom. The highest BCUT2D eigenvalue weighted by atomic mass is 16.5. The standard InChI is InChI=1S/C16H20N2O/c17-11-13-5-1-3-7-15(13)18-9-10-19-16-8-4-2-6-14(16)12-18/h2,4,6,8,13,15H,1,3,5,7,9-10,12H2. The number of nitrogens with zero attached hydrogens (tertiary/aromatic N) is 2. The quantitative estimate of drug-likeness (QED) is 0.775. The van der Waals surface area contributed by atoms with Gasteiger partial charge in [-0.25, -0.2) is 0 Å². The minimum atomic E-state index is 0.194. The van der Waals surface area contributed by atoms with Gasteiger partial charge in [0.15, 0.2) is 0 Å². The van der Waals surface area contributed by atoms with Gasteiger partial charge in [-0.1, -0.05) is 31.0 Å². The van der Waals surface area contributed by atoms with E-state index < -0.39 is 0 Å². The third-order valence-corrected chi connectivity index (χ3v) is 4.35. The van der Waals surface area contributed by atoms with Crippen molar-refractivity contribution < 1.29 is 4.74 Å². The van der Waals surface area contributed by atoms with Crippen LogP contribution >= 0.6 is 0 Å². The van der Waals surface area contributed by atoms with E-state index in [1.807, 2.05) is 12.1 Å². The largest absolute Gasteiger partial charge is 0.492 e. The van der Waals surface area contributed by atoms with Gasteiger partial charge in [0, 0.05) is 24.7 Å². The van der Waals surface area contributed by atoms with Crippen LogP contribution in [0.2, 0.25) is 0 Å². The van der Waals surface area contributed by atoms with Crippen molar-refractivity contribution in [1.29, 1.82) is 5.26 Å². The lowest BCUT2D eigenvalue weighted by atomic mass is 9.84. The lowest BCUT2D eigenvalue weighted by molar-refractivity contribution is 0.111. The molecule has 1 aromatic rings. The maximum absolute atomic E-state index is 9.35. The van der Waals surface area contributed by atoms with Gasteiger partial charge in [0.1, 0.15) is 12.4 Å². The van der Waals surface area contributed by atoms with Crippen molar-refractivity contribution in [1.82, 2.24) is 4.90 Å². The topological polar surface area (TPSA) is 36.3 Å². The molecule has 2 unspecified atom stereocenters. The Bertz CT molecular complexity index is 480. The third-order valence-electron chi connectivity index (χ3n) is 4.35. The summed E-state index contributed by atoms with van der Waals surface area (Å²) in [5.74, 6) is 1.20. The molecule has 1 aliphatic carbocycles. The molecule has 0 spiro atoms. The minimum Gasteiger partial charge on any atom is -0.492 e. The Kier molecular flexibility index (Phi) is 3.70. The molecule has 2 aliphatic rings. The molecule has 0 radical (unpaired) electrons. The van der Waals surface area contributed by atoms with Gasteiger partial charge in [-0.3, -0.25) is 4.90 Å². The van der Waals surface area contributed by atoms with Crippen molar-refractivity contribution in [3.63, 3.8) is 0 Å². The first kappa shape index (κ1) is 12.5. The van der Waals surface area contributed by atoms with Crippen molar-refractivity contribution in [2.24, 2.45) is 5.92 Å². The van der Waals surface area contributed by atoms with E-state index in [0.717, 1.165) is 38.3 Å². The number of nitriles is 1. The van der Waals surface area contributed by atoms with E-state index in [1.165, 1.54) is 18.4 Å². The summed E-state index contributed by atoms with van der Waals surface area (Å²) in [5.41, 5.74) is 1.25. The van der Waals surface area contributed by atoms with Crippen LogP contribution in [-0.4, -0.2) is 24.1 Å². The first-order chi connectivity index (χ1) is 9.38. The number of para-hydroxylation sites is 1. The molecule has 3 nitrogen and oxygen atoms in total. The maximum Gasteiger partial charge on any atom is 0.123 e. The van der Waals surface area contributed by atoms with Gasteiger partial charge in [0.25, 0.3) is 0 Å². The summed E-state index contributed by atoms with van der Waals surface area (Å²) in [5, 5.41) is 9.35. The Hall–Kier alpha value is -1.53. The average molecular weight is 256 g/mol. The highest BCUT2D eigenvalue weighted by Crippen LogP contribution is 2.31. The second-order valence-corrected chi connectivity index (χ2v) is 5.51. The van der Waals surface area contributed by atoms with Gasteiger partial charge in [-0.05, 0) is 18.9 Å². The van der Waals surface area contributed by atoms with Crippen LogP contribution in [0.1, 0.15) is 31.2 Å². The second-order valence-electron chi connectivity index (χ2n) is 5.51. The van der Waals surface area contributed by atoms with Crippen LogP contribution in [0.25, 0.3) is 0 Å². The SMILES string of the molecule is N#CC1CCCCC1N1CCOc2ccccc2C1. The number of benzene rings is 1. The summed E-state index contributed by atoms with van der Waals surface area (Å²) >= 11 is 0. The first-order valence-electron chi connectivity index (χ1n) is 7.23. The molecule has 1 saturated carbocycles. The molecule has 0 aromatic heterocycles. The molecular formula is C16H20N2O. The molecule has 0 amide bonds. The summed E-state index contributed by atoms with van der Waals surface area (Å²) in [6.45, 7) is 2.57. The number of hydrogen-bond donors (Lipinski definition) is 0. The maximum atomic E-state index is 9.35. The molecule has 0 N–H and O–H groups in total. The Morgan fingerprint density at radius 3 is 2.95 bits per heavy atom. The Labute approximate surface area is 114 Å². The van der Waals surface area contributed by atoms with Crippen LogP contribution in [-0.2, 0) is 6.54 Å². The highest BCUT2D eigenvalue weighted by Gasteiger charge is 2.31. The van der Waals surface area contributed by atoms with Crippen molar-refractivity contribution in [3.05, 3.63) is 29.8 Å². The zero-order valence-corrected chi connectivity index (χ0v) is 11.2. The molecule has 2 atom stereocenters. The normalized spacial score (nSPS) is 27.7. The molecule has 3 rings (SSSR count). The van der Waals surface area contributed by atoms with E-state index in [1.54, 1.807) is 0 Å². The van der Waals surface area contributed by atoms with Crippen LogP contribution in [0.4, 0.5) is 0 Å². The molecule has 3 heteroatoms. The molecule has 1 heterocycles. The van der Waals surface area contributed by atoms with E-state index in [2.05, 4.69) is 23.1 Å². The lowest BCUT2D eigenvalue weighted by Gasteiger charge is -2.36. The molecule has 19 heavy (non-hydrogen) atoms. The highest BCUT2D eigenvalue weighted by molar-refractivity contribution is 5.33. The van der Waals surface area contributed by atoms with Crippen LogP contribution in [0.15, 0.2) is 24.3 Å². The molecule has 1 fully saturated rings. The van der Waals surface area contributed by atoms with Crippen LogP contribution in [0.5, 0.6) is 5.75 Å². The fourth-order valence-electron chi connectivity index (χ4n) is 3.33. The van der Waals surface area contributed by atoms with Crippen LogP contribution in [0.3, 0.4) is 0 Å². The molecule has 0 saturated heterocycles. The molecule has 0 bridgehead atoms. The molecule has 1 aromatic carbocycles. The monoisotopic (exact) mass is 256 g/mol. The van der Waals surface area contributed by atoms with Crippen molar-refractivity contribution in [2.75, 3.05) is 13.2 Å². The van der Waals surface area contributed by atoms with Crippen molar-refractivity contribution in [2.45, 2.75) is 38.3 Å². The van der Waals surface area contributed by atoms with Gasteiger partial charge in [-0.15, -0.1) is 0 Å². The summed E-state index contributed by atoms with van der Waals surface area (Å²) in [6, 6.07) is 11.2. The predicted octanol–water partition coefficient (Wildman–Crippen LogP) is 2.96. The average Bonchev–Trinajstić information content (AvgIpc) is 2.69. The van der Waals surface area contributed by atoms with Crippen LogP contribution < -0.4 is 4.74 Å². The minimum absolute atomic E-state index is 0.194. The van der Waals surface area contributed by atoms with Gasteiger partial charge >= 0.3 is 0 Å². The molecule has 100 valence electrons. The van der Waals surface area contributed by atoms with E-state index in [-0.39, 0.29) is 5.92 Å². The van der Waals surface area contributed by atoms with Gasteiger partial charge in [0.05, 0.1) is 12.0 Å². The fraction of sp³-hybridized carbons (Fsp3) is 0.562. The zero-order valence-electron chi connectivity index (χ0n) is 11.2. The first-order valence-corrected chi connectivity index (χ1v) is 7.23. The van der Waals surface area contributed by atoms with E-state index >= 15 is 0 Å². The summed E-state index contributed by atoms with van der Waals surface area (Å²) < 4.78 is 5.81. The van der Waals surface area contributed by atoms with Gasteiger partial charge < -0.3 is 4.74 Å². The Balaban J connectivity index is 1.80. The third kappa shape index (κ3) is 2.59. The van der Waals surface area contributed by atoms with Crippen molar-refractivity contribution >= 4 is 0 Å². The number of hydrogen-bond acceptors (Lipinski definition) is 3. The molecule has 1 aliphatic heterocycles. The number of rotatable bonds is 1. The van der Waals surface area contributed by atoms with E-state index in [0.29, 0.717) is 6.04 Å². The lowest BCUT2D eigenvalue weighted by Crippen LogP contribution is -2.42. The Morgan fingerprint density at radius 1 is 1.21 bits per heavy atom. The van der Waals surface area contributed by atoms with Crippen molar-refractivity contribution in [3.8, 4) is 11.8 Å². The fourth-order valence-corrected chi connectivity index (χ4v) is 3.33.